The maximum absolute atomic E-state index is 12.1. The molecule has 7 heteroatoms. The fourth-order valence-electron chi connectivity index (χ4n) is 3.30. The van der Waals surface area contributed by atoms with E-state index in [1.165, 1.54) is 25.9 Å². The smallest absolute Gasteiger partial charge is 0.319 e. The fraction of sp³-hybridized carbons (Fsp3) is 0.611. The van der Waals surface area contributed by atoms with E-state index in [4.69, 9.17) is 0 Å². The monoisotopic (exact) mass is 344 g/mol. The van der Waals surface area contributed by atoms with Crippen molar-refractivity contribution in [2.45, 2.75) is 39.7 Å². The molecule has 2 N–H and O–H groups in total. The van der Waals surface area contributed by atoms with Crippen LogP contribution in [0.15, 0.2) is 18.5 Å². The lowest BCUT2D eigenvalue weighted by Gasteiger charge is -2.20. The molecule has 2 amide bonds. The van der Waals surface area contributed by atoms with Gasteiger partial charge in [-0.3, -0.25) is 0 Å². The van der Waals surface area contributed by atoms with Gasteiger partial charge in [-0.1, -0.05) is 6.92 Å². The average molecular weight is 344 g/mol. The third-order valence-corrected chi connectivity index (χ3v) is 4.56. The van der Waals surface area contributed by atoms with Crippen LogP contribution < -0.4 is 10.6 Å². The van der Waals surface area contributed by atoms with Crippen LogP contribution in [-0.2, 0) is 0 Å². The first-order valence-corrected chi connectivity index (χ1v) is 9.13. The number of nitrogens with one attached hydrogen (secondary N) is 2. The molecule has 0 radical (unpaired) electrons. The van der Waals surface area contributed by atoms with E-state index in [-0.39, 0.29) is 12.1 Å². The summed E-state index contributed by atoms with van der Waals surface area (Å²) in [5.74, 6) is 0.439. The molecule has 3 heterocycles. The zero-order valence-electron chi connectivity index (χ0n) is 15.3. The first kappa shape index (κ1) is 17.7. The predicted molar refractivity (Wildman–Crippen MR) is 99.8 cm³/mol. The van der Waals surface area contributed by atoms with E-state index >= 15 is 0 Å². The first-order valence-electron chi connectivity index (χ1n) is 9.13. The largest absolute Gasteiger partial charge is 0.338 e. The number of pyridine rings is 1. The second kappa shape index (κ2) is 7.82. The summed E-state index contributed by atoms with van der Waals surface area (Å²) in [5, 5.41) is 11.1. The summed E-state index contributed by atoms with van der Waals surface area (Å²) in [4.78, 5) is 19.0. The summed E-state index contributed by atoms with van der Waals surface area (Å²) < 4.78 is 1.87. The van der Waals surface area contributed by atoms with Crippen LogP contribution in [-0.4, -0.2) is 51.9 Å². The molecule has 0 unspecified atom stereocenters. The van der Waals surface area contributed by atoms with Crippen LogP contribution in [0.5, 0.6) is 0 Å². The van der Waals surface area contributed by atoms with Crippen LogP contribution in [0.25, 0.3) is 11.0 Å². The van der Waals surface area contributed by atoms with Crippen molar-refractivity contribution in [3.63, 3.8) is 0 Å². The highest BCUT2D eigenvalue weighted by molar-refractivity contribution is 5.91. The van der Waals surface area contributed by atoms with Gasteiger partial charge in [-0.25, -0.2) is 14.5 Å². The van der Waals surface area contributed by atoms with E-state index in [9.17, 15) is 4.79 Å². The van der Waals surface area contributed by atoms with Gasteiger partial charge in [0.2, 0.25) is 0 Å². The van der Waals surface area contributed by atoms with Crippen molar-refractivity contribution in [1.29, 1.82) is 0 Å². The highest BCUT2D eigenvalue weighted by Gasteiger charge is 2.15. The Labute approximate surface area is 148 Å². The third kappa shape index (κ3) is 4.48. The minimum Gasteiger partial charge on any atom is -0.338 e. The van der Waals surface area contributed by atoms with Crippen molar-refractivity contribution < 1.29 is 4.79 Å². The molecule has 0 saturated carbocycles. The molecule has 25 heavy (non-hydrogen) atoms. The molecular weight excluding hydrogens is 316 g/mol. The van der Waals surface area contributed by atoms with E-state index in [1.807, 2.05) is 10.7 Å². The van der Waals surface area contributed by atoms with E-state index in [2.05, 4.69) is 46.4 Å². The molecule has 0 bridgehead atoms. The average Bonchev–Trinajstić information content (AvgIpc) is 3.21. The summed E-state index contributed by atoms with van der Waals surface area (Å²) >= 11 is 0. The fourth-order valence-corrected chi connectivity index (χ4v) is 3.30. The molecule has 1 aliphatic heterocycles. The zero-order chi connectivity index (χ0) is 17.8. The maximum Gasteiger partial charge on any atom is 0.319 e. The number of nitrogens with zero attached hydrogens (tertiary/aromatic N) is 4. The topological polar surface area (TPSA) is 75.1 Å². The molecule has 1 fully saturated rings. The van der Waals surface area contributed by atoms with E-state index in [0.29, 0.717) is 18.2 Å². The summed E-state index contributed by atoms with van der Waals surface area (Å²) in [6.45, 7) is 10.4. The molecule has 1 saturated heterocycles. The van der Waals surface area contributed by atoms with Gasteiger partial charge in [0.1, 0.15) is 0 Å². The van der Waals surface area contributed by atoms with Crippen molar-refractivity contribution in [3.05, 3.63) is 18.5 Å². The molecule has 3 rings (SSSR count). The zero-order valence-corrected chi connectivity index (χ0v) is 15.3. The van der Waals surface area contributed by atoms with Crippen LogP contribution in [0, 0.1) is 5.92 Å². The standard InChI is InChI=1S/C18H28N6O/c1-13(2)24-17-15(10-21-24)8-16(11-19-17)22-18(25)20-9-14(3)12-23-6-4-5-7-23/h8,10-11,13-14H,4-7,9,12H2,1-3H3,(H2,20,22,25)/t14-/m1/s1. The Kier molecular flexibility index (Phi) is 5.53. The number of hydrogen-bond acceptors (Lipinski definition) is 4. The maximum atomic E-state index is 12.1. The normalized spacial score (nSPS) is 16.5. The number of aromatic nitrogens is 3. The van der Waals surface area contributed by atoms with Gasteiger partial charge in [0.15, 0.2) is 5.65 Å². The van der Waals surface area contributed by atoms with Gasteiger partial charge in [0.05, 0.1) is 18.1 Å². The third-order valence-electron chi connectivity index (χ3n) is 4.56. The molecular formula is C18H28N6O. The van der Waals surface area contributed by atoms with Crippen LogP contribution in [0.2, 0.25) is 0 Å². The van der Waals surface area contributed by atoms with Gasteiger partial charge in [-0.2, -0.15) is 5.10 Å². The van der Waals surface area contributed by atoms with Crippen LogP contribution in [0.1, 0.15) is 39.7 Å². The summed E-state index contributed by atoms with van der Waals surface area (Å²) in [6, 6.07) is 1.97. The molecule has 0 aliphatic carbocycles. The second-order valence-electron chi connectivity index (χ2n) is 7.27. The lowest BCUT2D eigenvalue weighted by Crippen LogP contribution is -2.36. The second-order valence-corrected chi connectivity index (χ2v) is 7.27. The van der Waals surface area contributed by atoms with E-state index < -0.39 is 0 Å². The van der Waals surface area contributed by atoms with Crippen molar-refractivity contribution >= 4 is 22.8 Å². The van der Waals surface area contributed by atoms with Crippen molar-refractivity contribution in [2.75, 3.05) is 31.5 Å². The quantitative estimate of drug-likeness (QED) is 0.845. The highest BCUT2D eigenvalue weighted by Crippen LogP contribution is 2.19. The van der Waals surface area contributed by atoms with Crippen LogP contribution >= 0.6 is 0 Å². The van der Waals surface area contributed by atoms with E-state index in [1.54, 1.807) is 12.4 Å². The van der Waals surface area contributed by atoms with Gasteiger partial charge in [0, 0.05) is 24.5 Å². The number of amides is 2. The Morgan fingerprint density at radius 1 is 1.24 bits per heavy atom. The molecule has 0 aromatic carbocycles. The molecule has 136 valence electrons. The summed E-state index contributed by atoms with van der Waals surface area (Å²) in [6.07, 6.45) is 6.05. The highest BCUT2D eigenvalue weighted by atomic mass is 16.2. The Hall–Kier alpha value is -2.15. The van der Waals surface area contributed by atoms with Crippen molar-refractivity contribution in [1.82, 2.24) is 25.0 Å². The number of rotatable bonds is 6. The lowest BCUT2D eigenvalue weighted by atomic mass is 10.1. The SMILES string of the molecule is CC(C)n1ncc2cc(NC(=O)NC[C@@H](C)CN3CCCC3)cnc21. The van der Waals surface area contributed by atoms with E-state index in [0.717, 1.165) is 17.6 Å². The molecule has 1 atom stereocenters. The molecule has 0 spiro atoms. The van der Waals surface area contributed by atoms with Gasteiger partial charge < -0.3 is 15.5 Å². The number of fused-ring (bicyclic) bond motifs is 1. The van der Waals surface area contributed by atoms with Crippen LogP contribution in [0.4, 0.5) is 10.5 Å². The number of likely N-dealkylation sites (tertiary alicyclic amines) is 1. The lowest BCUT2D eigenvalue weighted by molar-refractivity contribution is 0.245. The summed E-state index contributed by atoms with van der Waals surface area (Å²) in [7, 11) is 0. The number of carbonyl (C=O) groups is 1. The minimum absolute atomic E-state index is 0.189. The van der Waals surface area contributed by atoms with Crippen molar-refractivity contribution in [2.24, 2.45) is 5.92 Å². The Morgan fingerprint density at radius 3 is 2.72 bits per heavy atom. The Morgan fingerprint density at radius 2 is 2.00 bits per heavy atom. The first-order chi connectivity index (χ1) is 12.0. The van der Waals surface area contributed by atoms with Crippen LogP contribution in [0.3, 0.4) is 0 Å². The van der Waals surface area contributed by atoms with Gasteiger partial charge >= 0.3 is 6.03 Å². The molecule has 2 aromatic rings. The van der Waals surface area contributed by atoms with Crippen molar-refractivity contribution in [3.8, 4) is 0 Å². The minimum atomic E-state index is -0.189. The molecule has 7 nitrogen and oxygen atoms in total. The Bertz CT molecular complexity index is 719. The number of anilines is 1. The number of urea groups is 1. The number of hydrogen-bond donors (Lipinski definition) is 2. The molecule has 2 aromatic heterocycles. The predicted octanol–water partition coefficient (Wildman–Crippen LogP) is 2.87. The van der Waals surface area contributed by atoms with Gasteiger partial charge in [0.25, 0.3) is 0 Å². The van der Waals surface area contributed by atoms with Gasteiger partial charge in [-0.05, 0) is 51.8 Å². The van der Waals surface area contributed by atoms with Gasteiger partial charge in [-0.15, -0.1) is 0 Å². The Balaban J connectivity index is 1.51. The molecule has 1 aliphatic rings. The summed E-state index contributed by atoms with van der Waals surface area (Å²) in [5.41, 5.74) is 1.51. The number of carbonyl (C=O) groups excluding carboxylic acids is 1.